The minimum Gasteiger partial charge on any atom is -0.493 e. The number of ether oxygens (including phenoxy) is 5. The van der Waals surface area contributed by atoms with Crippen LogP contribution in [0, 0.1) is 0 Å². The van der Waals surface area contributed by atoms with Crippen molar-refractivity contribution in [2.45, 2.75) is 6.54 Å². The van der Waals surface area contributed by atoms with E-state index in [1.54, 1.807) is 47.7 Å². The fourth-order valence-corrected chi connectivity index (χ4v) is 3.12. The van der Waals surface area contributed by atoms with E-state index in [4.69, 9.17) is 47.5 Å². The van der Waals surface area contributed by atoms with E-state index in [-0.39, 0.29) is 0 Å². The molecule has 0 unspecified atom stereocenters. The molecule has 0 aromatic heterocycles. The molecular formula is C21H24ClNO5S. The molecule has 0 bridgehead atoms. The molecule has 0 aliphatic heterocycles. The minimum absolute atomic E-state index is 0.454. The van der Waals surface area contributed by atoms with Gasteiger partial charge in [0.25, 0.3) is 0 Å². The van der Waals surface area contributed by atoms with Gasteiger partial charge in [-0.1, -0.05) is 29.9 Å². The fourth-order valence-electron chi connectivity index (χ4n) is 2.68. The van der Waals surface area contributed by atoms with Crippen LogP contribution in [0.2, 0.25) is 5.02 Å². The Morgan fingerprint density at radius 2 is 1.48 bits per heavy atom. The molecule has 1 N–H and O–H groups in total. The third-order valence-corrected chi connectivity index (χ3v) is 4.79. The van der Waals surface area contributed by atoms with Gasteiger partial charge in [0.15, 0.2) is 23.0 Å². The Morgan fingerprint density at radius 1 is 0.897 bits per heavy atom. The number of thiocarbonyl (C=S) groups is 1. The fraction of sp³-hybridized carbons (Fsp3) is 0.286. The summed E-state index contributed by atoms with van der Waals surface area (Å²) in [5.74, 6) is 2.76. The van der Waals surface area contributed by atoms with Crippen molar-refractivity contribution in [3.63, 3.8) is 0 Å². The highest BCUT2D eigenvalue weighted by Gasteiger charge is 2.13. The van der Waals surface area contributed by atoms with E-state index in [9.17, 15) is 0 Å². The lowest BCUT2D eigenvalue weighted by molar-refractivity contribution is 0.323. The van der Waals surface area contributed by atoms with Crippen molar-refractivity contribution in [3.05, 3.63) is 46.5 Å². The van der Waals surface area contributed by atoms with E-state index in [2.05, 4.69) is 5.32 Å². The Kier molecular flexibility index (Phi) is 8.42. The first-order valence-electron chi connectivity index (χ1n) is 8.64. The molecule has 0 aliphatic rings. The quantitative estimate of drug-likeness (QED) is 0.457. The Labute approximate surface area is 181 Å². The van der Waals surface area contributed by atoms with Gasteiger partial charge in [0, 0.05) is 6.54 Å². The average Bonchev–Trinajstić information content (AvgIpc) is 2.75. The van der Waals surface area contributed by atoms with Gasteiger partial charge >= 0.3 is 0 Å². The first-order valence-corrected chi connectivity index (χ1v) is 9.42. The summed E-state index contributed by atoms with van der Waals surface area (Å²) in [4.78, 5) is 0.546. The maximum atomic E-state index is 6.39. The highest BCUT2D eigenvalue weighted by atomic mass is 35.5. The number of hydrogen-bond acceptors (Lipinski definition) is 6. The molecule has 2 aromatic rings. The maximum Gasteiger partial charge on any atom is 0.203 e. The summed E-state index contributed by atoms with van der Waals surface area (Å²) in [5, 5.41) is 3.63. The summed E-state index contributed by atoms with van der Waals surface area (Å²) in [6.07, 6.45) is 3.58. The van der Waals surface area contributed by atoms with Crippen LogP contribution in [0.25, 0.3) is 6.08 Å². The van der Waals surface area contributed by atoms with Gasteiger partial charge in [0.05, 0.1) is 45.6 Å². The molecule has 0 atom stereocenters. The van der Waals surface area contributed by atoms with Crippen LogP contribution < -0.4 is 29.0 Å². The summed E-state index contributed by atoms with van der Waals surface area (Å²) in [5.41, 5.74) is 1.70. The first kappa shape index (κ1) is 22.6. The predicted molar refractivity (Wildman–Crippen MR) is 119 cm³/mol. The third-order valence-electron chi connectivity index (χ3n) is 4.12. The first-order chi connectivity index (χ1) is 14.0. The van der Waals surface area contributed by atoms with E-state index in [1.807, 2.05) is 24.3 Å². The molecule has 2 aromatic carbocycles. The lowest BCUT2D eigenvalue weighted by Crippen LogP contribution is -2.18. The second-order valence-corrected chi connectivity index (χ2v) is 6.61. The minimum atomic E-state index is 0.454. The van der Waals surface area contributed by atoms with Gasteiger partial charge in [-0.05, 0) is 41.5 Å². The summed E-state index contributed by atoms with van der Waals surface area (Å²) >= 11 is 11.8. The molecule has 8 heteroatoms. The number of methoxy groups -OCH3 is 5. The maximum absolute atomic E-state index is 6.39. The second kappa shape index (κ2) is 10.8. The molecule has 0 aliphatic carbocycles. The molecule has 0 heterocycles. The van der Waals surface area contributed by atoms with Crippen LogP contribution in [-0.2, 0) is 6.54 Å². The van der Waals surface area contributed by atoms with Crippen LogP contribution in [0.5, 0.6) is 28.7 Å². The third kappa shape index (κ3) is 5.46. The molecule has 0 spiro atoms. The molecular weight excluding hydrogens is 414 g/mol. The number of nitrogens with one attached hydrogen (secondary N) is 1. The van der Waals surface area contributed by atoms with Crippen molar-refractivity contribution in [1.29, 1.82) is 0 Å². The van der Waals surface area contributed by atoms with E-state index >= 15 is 0 Å². The Balaban J connectivity index is 2.11. The normalized spacial score (nSPS) is 10.6. The lowest BCUT2D eigenvalue weighted by Gasteiger charge is -2.14. The van der Waals surface area contributed by atoms with E-state index < -0.39 is 0 Å². The zero-order chi connectivity index (χ0) is 21.4. The smallest absolute Gasteiger partial charge is 0.203 e. The Hall–Kier alpha value is -2.64. The van der Waals surface area contributed by atoms with Gasteiger partial charge in [-0.2, -0.15) is 0 Å². The zero-order valence-electron chi connectivity index (χ0n) is 17.0. The van der Waals surface area contributed by atoms with Crippen molar-refractivity contribution < 1.29 is 23.7 Å². The van der Waals surface area contributed by atoms with Gasteiger partial charge < -0.3 is 29.0 Å². The van der Waals surface area contributed by atoms with Crippen molar-refractivity contribution >= 4 is 34.9 Å². The van der Waals surface area contributed by atoms with Gasteiger partial charge in [0.2, 0.25) is 5.75 Å². The van der Waals surface area contributed by atoms with Crippen LogP contribution >= 0.6 is 23.8 Å². The SMILES string of the molecule is COc1cc(CNC(=S)/C=C/c2ccc(OC)c(OC)c2Cl)cc(OC)c1OC. The second-order valence-electron chi connectivity index (χ2n) is 5.79. The lowest BCUT2D eigenvalue weighted by atomic mass is 10.1. The molecule has 2 rings (SSSR count). The molecule has 0 fully saturated rings. The van der Waals surface area contributed by atoms with Crippen molar-refractivity contribution in [1.82, 2.24) is 5.32 Å². The van der Waals surface area contributed by atoms with Crippen LogP contribution in [0.1, 0.15) is 11.1 Å². The van der Waals surface area contributed by atoms with Gasteiger partial charge in [-0.25, -0.2) is 0 Å². The molecule has 0 amide bonds. The predicted octanol–water partition coefficient (Wildman–Crippen LogP) is 4.51. The summed E-state index contributed by atoms with van der Waals surface area (Å²) in [6, 6.07) is 7.36. The molecule has 0 radical (unpaired) electrons. The van der Waals surface area contributed by atoms with Gasteiger partial charge in [-0.3, -0.25) is 0 Å². The zero-order valence-corrected chi connectivity index (χ0v) is 18.6. The van der Waals surface area contributed by atoms with E-state index in [0.29, 0.717) is 45.3 Å². The monoisotopic (exact) mass is 437 g/mol. The van der Waals surface area contributed by atoms with Crippen molar-refractivity contribution in [3.8, 4) is 28.7 Å². The van der Waals surface area contributed by atoms with Crippen molar-refractivity contribution in [2.24, 2.45) is 0 Å². The number of benzene rings is 2. The Bertz CT molecular complexity index is 876. The van der Waals surface area contributed by atoms with Crippen LogP contribution in [0.15, 0.2) is 30.3 Å². The van der Waals surface area contributed by atoms with Crippen LogP contribution in [0.4, 0.5) is 0 Å². The largest absolute Gasteiger partial charge is 0.493 e. The summed E-state index contributed by atoms with van der Waals surface area (Å²) in [6.45, 7) is 0.486. The van der Waals surface area contributed by atoms with Crippen LogP contribution in [0.3, 0.4) is 0 Å². The van der Waals surface area contributed by atoms with Crippen LogP contribution in [-0.4, -0.2) is 40.5 Å². The average molecular weight is 438 g/mol. The summed E-state index contributed by atoms with van der Waals surface area (Å²) < 4.78 is 26.6. The summed E-state index contributed by atoms with van der Waals surface area (Å²) in [7, 11) is 7.83. The van der Waals surface area contributed by atoms with Gasteiger partial charge in [0.1, 0.15) is 0 Å². The van der Waals surface area contributed by atoms with E-state index in [1.165, 1.54) is 0 Å². The van der Waals surface area contributed by atoms with E-state index in [0.717, 1.165) is 11.1 Å². The highest BCUT2D eigenvalue weighted by molar-refractivity contribution is 7.80. The molecule has 29 heavy (non-hydrogen) atoms. The Morgan fingerprint density at radius 3 is 2.00 bits per heavy atom. The standard InChI is InChI=1S/C21H24ClNO5S/c1-24-15-8-6-14(19(22)21(15)28-5)7-9-18(29)23-12-13-10-16(25-2)20(27-4)17(11-13)26-3/h6-11H,12H2,1-5H3,(H,23,29)/b9-7+. The molecule has 156 valence electrons. The number of hydrogen-bond donors (Lipinski definition) is 1. The molecule has 0 saturated carbocycles. The van der Waals surface area contributed by atoms with Gasteiger partial charge in [-0.15, -0.1) is 0 Å². The highest BCUT2D eigenvalue weighted by Crippen LogP contribution is 2.39. The number of halogens is 1. The molecule has 0 saturated heterocycles. The van der Waals surface area contributed by atoms with Crippen molar-refractivity contribution in [2.75, 3.05) is 35.5 Å². The number of rotatable bonds is 9. The topological polar surface area (TPSA) is 58.2 Å². The molecule has 6 nitrogen and oxygen atoms in total.